The topological polar surface area (TPSA) is 67.2 Å². The number of halogens is 1. The lowest BCUT2D eigenvalue weighted by Crippen LogP contribution is -2.04. The molecule has 0 unspecified atom stereocenters. The van der Waals surface area contributed by atoms with Crippen LogP contribution in [0.15, 0.2) is 11.2 Å². The largest absolute Gasteiger partial charge is 0.384 e. The summed E-state index contributed by atoms with van der Waals surface area (Å²) in [5.41, 5.74) is 6.39. The van der Waals surface area contributed by atoms with E-state index in [2.05, 4.69) is 40.2 Å². The number of aromatic nitrogens is 1. The van der Waals surface area contributed by atoms with E-state index in [4.69, 9.17) is 17.6 Å². The van der Waals surface area contributed by atoms with Crippen LogP contribution in [-0.4, -0.2) is 17.1 Å². The molecule has 0 saturated heterocycles. The Bertz CT molecular complexity index is 425. The first-order valence-electron chi connectivity index (χ1n) is 3.75. The Morgan fingerprint density at radius 3 is 3.00 bits per heavy atom. The quantitative estimate of drug-likeness (QED) is 0.368. The van der Waals surface area contributed by atoms with Crippen molar-refractivity contribution in [3.63, 3.8) is 0 Å². The van der Waals surface area contributed by atoms with Gasteiger partial charge in [0.05, 0.1) is 12.1 Å². The maximum atomic E-state index is 7.53. The highest BCUT2D eigenvalue weighted by Gasteiger charge is 2.14. The molecular weight excluding hydrogens is 291 g/mol. The zero-order valence-corrected chi connectivity index (χ0v) is 9.58. The van der Waals surface area contributed by atoms with Gasteiger partial charge in [-0.25, -0.2) is 4.99 Å². The van der Waals surface area contributed by atoms with Crippen LogP contribution in [0.2, 0.25) is 0 Å². The average Bonchev–Trinajstić information content (AvgIpc) is 2.42. The van der Waals surface area contributed by atoms with Crippen molar-refractivity contribution in [3.8, 4) is 12.3 Å². The smallest absolute Gasteiger partial charge is 0.155 e. The van der Waals surface area contributed by atoms with Crippen LogP contribution < -0.4 is 5.73 Å². The zero-order valence-electron chi connectivity index (χ0n) is 7.42. The minimum Gasteiger partial charge on any atom is -0.384 e. The van der Waals surface area contributed by atoms with Crippen LogP contribution in [0.3, 0.4) is 0 Å². The van der Waals surface area contributed by atoms with Crippen molar-refractivity contribution in [2.75, 3.05) is 5.73 Å². The molecule has 1 aromatic heterocycles. The van der Waals surface area contributed by atoms with E-state index >= 15 is 0 Å². The predicted octanol–water partition coefficient (Wildman–Crippen LogP) is 1.33. The molecule has 0 radical (unpaired) electrons. The summed E-state index contributed by atoms with van der Waals surface area (Å²) in [5.74, 6) is 3.02. The number of terminal acetylenes is 1. The zero-order chi connectivity index (χ0) is 10.7. The average molecular weight is 300 g/mol. The monoisotopic (exact) mass is 300 g/mol. The normalized spacial score (nSPS) is 9.43. The van der Waals surface area contributed by atoms with Crippen molar-refractivity contribution in [2.45, 2.75) is 6.54 Å². The molecule has 1 rings (SSSR count). The Morgan fingerprint density at radius 2 is 2.50 bits per heavy atom. The summed E-state index contributed by atoms with van der Waals surface area (Å²) in [6, 6.07) is 0. The number of aliphatic imine (C=N–C) groups is 1. The summed E-state index contributed by atoms with van der Waals surface area (Å²) < 4.78 is 2.56. The van der Waals surface area contributed by atoms with Crippen LogP contribution in [0.4, 0.5) is 5.82 Å². The van der Waals surface area contributed by atoms with E-state index in [0.717, 1.165) is 3.57 Å². The maximum absolute atomic E-state index is 7.53. The van der Waals surface area contributed by atoms with Crippen molar-refractivity contribution in [1.82, 2.24) is 4.57 Å². The number of nitrogens with zero attached hydrogens (tertiary/aromatic N) is 2. The number of nitrogens with one attached hydrogen (secondary N) is 1. The van der Waals surface area contributed by atoms with Crippen LogP contribution in [0.5, 0.6) is 0 Å². The van der Waals surface area contributed by atoms with Gasteiger partial charge in [-0.2, -0.15) is 0 Å². The Balaban J connectivity index is 3.25. The van der Waals surface area contributed by atoms with Gasteiger partial charge in [-0.3, -0.25) is 5.41 Å². The Hall–Kier alpha value is -1.29. The molecule has 0 atom stereocenters. The fourth-order valence-electron chi connectivity index (χ4n) is 1.08. The first-order chi connectivity index (χ1) is 6.61. The summed E-state index contributed by atoms with van der Waals surface area (Å²) in [4.78, 5) is 3.54. The number of nitrogen functional groups attached to an aromatic ring is 1. The third-order valence-corrected chi connectivity index (χ3v) is 2.55. The summed E-state index contributed by atoms with van der Waals surface area (Å²) in [6.45, 7) is 3.69. The molecule has 0 amide bonds. The van der Waals surface area contributed by atoms with Gasteiger partial charge < -0.3 is 10.3 Å². The molecular formula is C9H9IN4. The van der Waals surface area contributed by atoms with E-state index in [1.54, 1.807) is 10.8 Å². The molecule has 0 fully saturated rings. The van der Waals surface area contributed by atoms with Crippen LogP contribution >= 0.6 is 22.6 Å². The van der Waals surface area contributed by atoms with Crippen LogP contribution in [-0.2, 0) is 6.54 Å². The highest BCUT2D eigenvalue weighted by atomic mass is 127. The van der Waals surface area contributed by atoms with E-state index < -0.39 is 0 Å². The summed E-state index contributed by atoms with van der Waals surface area (Å²) in [5, 5.41) is 7.53. The third-order valence-electron chi connectivity index (χ3n) is 1.73. The van der Waals surface area contributed by atoms with Gasteiger partial charge >= 0.3 is 0 Å². The van der Waals surface area contributed by atoms with Crippen molar-refractivity contribution in [2.24, 2.45) is 4.99 Å². The van der Waals surface area contributed by atoms with Crippen LogP contribution in [0.25, 0.3) is 0 Å². The molecule has 3 N–H and O–H groups in total. The number of nitrogens with two attached hydrogens (primary N) is 1. The molecule has 4 nitrogen and oxygen atoms in total. The maximum Gasteiger partial charge on any atom is 0.155 e. The molecule has 14 heavy (non-hydrogen) atoms. The molecule has 0 aromatic carbocycles. The standard InChI is InChI=1S/C9H9IN4/c1-3-4-14-5-6(10)7(9(14)12)8(11)13-2/h1,5,11H,2,4,12H2. The Labute approximate surface area is 95.9 Å². The van der Waals surface area contributed by atoms with Crippen LogP contribution in [0.1, 0.15) is 5.56 Å². The number of amidine groups is 1. The molecule has 0 bridgehead atoms. The predicted molar refractivity (Wildman–Crippen MR) is 66.8 cm³/mol. The molecule has 72 valence electrons. The Morgan fingerprint density at radius 1 is 1.86 bits per heavy atom. The van der Waals surface area contributed by atoms with Gasteiger partial charge in [0.15, 0.2) is 5.84 Å². The van der Waals surface area contributed by atoms with Gasteiger partial charge in [-0.05, 0) is 29.3 Å². The minimum absolute atomic E-state index is 0.0719. The molecule has 5 heteroatoms. The molecule has 0 aliphatic rings. The van der Waals surface area contributed by atoms with Gasteiger partial charge in [-0.1, -0.05) is 5.92 Å². The number of hydrogen-bond donors (Lipinski definition) is 2. The van der Waals surface area contributed by atoms with Crippen molar-refractivity contribution in [1.29, 1.82) is 5.41 Å². The van der Waals surface area contributed by atoms with Crippen LogP contribution in [0, 0.1) is 21.3 Å². The van der Waals surface area contributed by atoms with Crippen molar-refractivity contribution < 1.29 is 0 Å². The molecule has 0 aliphatic carbocycles. The molecule has 1 aromatic rings. The fraction of sp³-hybridized carbons (Fsp3) is 0.111. The van der Waals surface area contributed by atoms with E-state index in [9.17, 15) is 0 Å². The van der Waals surface area contributed by atoms with Crippen molar-refractivity contribution >= 4 is 41.0 Å². The molecule has 0 saturated carbocycles. The first-order valence-corrected chi connectivity index (χ1v) is 4.83. The lowest BCUT2D eigenvalue weighted by molar-refractivity contribution is 0.861. The van der Waals surface area contributed by atoms with E-state index in [-0.39, 0.29) is 5.84 Å². The molecule has 0 aliphatic heterocycles. The van der Waals surface area contributed by atoms with E-state index in [1.807, 2.05) is 0 Å². The Kier molecular flexibility index (Phi) is 3.30. The van der Waals surface area contributed by atoms with Gasteiger partial charge in [0.25, 0.3) is 0 Å². The summed E-state index contributed by atoms with van der Waals surface area (Å²) in [6.07, 6.45) is 6.98. The molecule has 0 spiro atoms. The van der Waals surface area contributed by atoms with Gasteiger partial charge in [0.2, 0.25) is 0 Å². The SMILES string of the molecule is C#CCn1cc(I)c(C(=N)N=C)c1N. The summed E-state index contributed by atoms with van der Waals surface area (Å²) >= 11 is 2.09. The second-order valence-corrected chi connectivity index (χ2v) is 3.74. The molecule has 1 heterocycles. The lowest BCUT2D eigenvalue weighted by Gasteiger charge is -2.01. The lowest BCUT2D eigenvalue weighted by atomic mass is 10.3. The highest BCUT2D eigenvalue weighted by Crippen LogP contribution is 2.22. The van der Waals surface area contributed by atoms with Gasteiger partial charge in [-0.15, -0.1) is 6.42 Å². The fourth-order valence-corrected chi connectivity index (χ4v) is 1.95. The number of hydrogen-bond acceptors (Lipinski definition) is 2. The highest BCUT2D eigenvalue weighted by molar-refractivity contribution is 14.1. The van der Waals surface area contributed by atoms with Gasteiger partial charge in [0.1, 0.15) is 5.82 Å². The first kappa shape index (κ1) is 10.8. The van der Waals surface area contributed by atoms with E-state index in [1.165, 1.54) is 0 Å². The summed E-state index contributed by atoms with van der Waals surface area (Å²) in [7, 11) is 0. The number of rotatable bonds is 2. The van der Waals surface area contributed by atoms with Crippen molar-refractivity contribution in [3.05, 3.63) is 15.3 Å². The third kappa shape index (κ3) is 1.80. The second kappa shape index (κ2) is 4.28. The minimum atomic E-state index is 0.0719. The van der Waals surface area contributed by atoms with Gasteiger partial charge in [0, 0.05) is 9.77 Å². The number of anilines is 1. The second-order valence-electron chi connectivity index (χ2n) is 2.58. The van der Waals surface area contributed by atoms with E-state index in [0.29, 0.717) is 17.9 Å².